The van der Waals surface area contributed by atoms with Crippen LogP contribution in [-0.2, 0) is 6.42 Å². The van der Waals surface area contributed by atoms with Crippen molar-refractivity contribution in [1.82, 2.24) is 0 Å². The second kappa shape index (κ2) is 6.29. The van der Waals surface area contributed by atoms with Crippen molar-refractivity contribution < 1.29 is 4.74 Å². The van der Waals surface area contributed by atoms with Crippen LogP contribution in [0.3, 0.4) is 0 Å². The Morgan fingerprint density at radius 2 is 1.65 bits per heavy atom. The molecule has 0 saturated heterocycles. The summed E-state index contributed by atoms with van der Waals surface area (Å²) < 4.78 is 5.39. The fraction of sp³-hybridized carbons (Fsp3) is 0.294. The highest BCUT2D eigenvalue weighted by atomic mass is 35.5. The number of aryl methyl sites for hydroxylation is 2. The summed E-state index contributed by atoms with van der Waals surface area (Å²) in [5, 5.41) is 0.749. The number of methoxy groups -OCH3 is 1. The first kappa shape index (κ1) is 14.9. The van der Waals surface area contributed by atoms with Crippen molar-refractivity contribution in [2.75, 3.05) is 7.11 Å². The van der Waals surface area contributed by atoms with Crippen molar-refractivity contribution in [2.45, 2.75) is 26.3 Å². The average molecular weight is 290 g/mol. The quantitative estimate of drug-likeness (QED) is 0.915. The highest BCUT2D eigenvalue weighted by molar-refractivity contribution is 6.30. The molecule has 106 valence electrons. The smallest absolute Gasteiger partial charge is 0.124 e. The maximum Gasteiger partial charge on any atom is 0.124 e. The van der Waals surface area contributed by atoms with Gasteiger partial charge in [-0.05, 0) is 54.7 Å². The van der Waals surface area contributed by atoms with Crippen LogP contribution in [0.2, 0.25) is 5.02 Å². The van der Waals surface area contributed by atoms with Crippen molar-refractivity contribution in [1.29, 1.82) is 0 Å². The number of benzene rings is 2. The molecular formula is C17H20ClNO. The Labute approximate surface area is 125 Å². The van der Waals surface area contributed by atoms with Gasteiger partial charge in [0.05, 0.1) is 7.11 Å². The molecule has 0 aliphatic carbocycles. The fourth-order valence-electron chi connectivity index (χ4n) is 2.51. The maximum atomic E-state index is 6.32. The van der Waals surface area contributed by atoms with Gasteiger partial charge in [0.15, 0.2) is 0 Å². The predicted molar refractivity (Wildman–Crippen MR) is 84.6 cm³/mol. The molecule has 2 rings (SSSR count). The number of nitrogens with two attached hydrogens (primary N) is 1. The molecule has 3 heteroatoms. The summed E-state index contributed by atoms with van der Waals surface area (Å²) in [6, 6.07) is 12.0. The lowest BCUT2D eigenvalue weighted by Gasteiger charge is -2.16. The van der Waals surface area contributed by atoms with Gasteiger partial charge in [0.2, 0.25) is 0 Å². The van der Waals surface area contributed by atoms with Crippen LogP contribution in [0.5, 0.6) is 5.75 Å². The van der Waals surface area contributed by atoms with E-state index in [1.807, 2.05) is 38.1 Å². The van der Waals surface area contributed by atoms with Gasteiger partial charge in [0, 0.05) is 11.1 Å². The molecule has 2 nitrogen and oxygen atoms in total. The average Bonchev–Trinajstić information content (AvgIpc) is 2.41. The molecule has 2 aromatic rings. The summed E-state index contributed by atoms with van der Waals surface area (Å²) >= 11 is 5.90. The van der Waals surface area contributed by atoms with Gasteiger partial charge in [-0.25, -0.2) is 0 Å². The molecule has 0 amide bonds. The summed E-state index contributed by atoms with van der Waals surface area (Å²) in [5.41, 5.74) is 10.9. The number of rotatable bonds is 4. The third kappa shape index (κ3) is 3.33. The third-order valence-corrected chi connectivity index (χ3v) is 3.74. The van der Waals surface area contributed by atoms with Crippen LogP contribution in [0.25, 0.3) is 0 Å². The Balaban J connectivity index is 2.21. The normalized spacial score (nSPS) is 12.2. The number of ether oxygens (including phenoxy) is 1. The lowest BCUT2D eigenvalue weighted by Crippen LogP contribution is -2.14. The van der Waals surface area contributed by atoms with E-state index in [1.165, 1.54) is 5.56 Å². The van der Waals surface area contributed by atoms with Gasteiger partial charge >= 0.3 is 0 Å². The van der Waals surface area contributed by atoms with E-state index in [2.05, 4.69) is 12.1 Å². The Hall–Kier alpha value is -1.51. The zero-order chi connectivity index (χ0) is 14.7. The maximum absolute atomic E-state index is 6.32. The molecule has 2 aromatic carbocycles. The Kier molecular flexibility index (Phi) is 4.69. The van der Waals surface area contributed by atoms with E-state index in [0.717, 1.165) is 33.9 Å². The molecule has 0 heterocycles. The second-order valence-corrected chi connectivity index (χ2v) is 5.56. The number of hydrogen-bond acceptors (Lipinski definition) is 2. The SMILES string of the molecule is COc1c(C)cc(C(N)Cc2ccc(Cl)cc2)cc1C. The predicted octanol–water partition coefficient (Wildman–Crippen LogP) is 4.21. The summed E-state index contributed by atoms with van der Waals surface area (Å²) in [5.74, 6) is 0.937. The van der Waals surface area contributed by atoms with Crippen molar-refractivity contribution in [3.8, 4) is 5.75 Å². The minimum atomic E-state index is -0.0283. The van der Waals surface area contributed by atoms with E-state index in [4.69, 9.17) is 22.1 Å². The number of halogens is 1. The third-order valence-electron chi connectivity index (χ3n) is 3.48. The molecule has 0 saturated carbocycles. The van der Waals surface area contributed by atoms with Gasteiger partial charge in [-0.3, -0.25) is 0 Å². The highest BCUT2D eigenvalue weighted by Crippen LogP contribution is 2.27. The fourth-order valence-corrected chi connectivity index (χ4v) is 2.64. The lowest BCUT2D eigenvalue weighted by molar-refractivity contribution is 0.408. The Bertz CT molecular complexity index is 569. The van der Waals surface area contributed by atoms with Crippen LogP contribution in [0.15, 0.2) is 36.4 Å². The van der Waals surface area contributed by atoms with Gasteiger partial charge < -0.3 is 10.5 Å². The van der Waals surface area contributed by atoms with E-state index >= 15 is 0 Å². The van der Waals surface area contributed by atoms with E-state index < -0.39 is 0 Å². The molecule has 0 spiro atoms. The van der Waals surface area contributed by atoms with Crippen LogP contribution in [-0.4, -0.2) is 7.11 Å². The summed E-state index contributed by atoms with van der Waals surface area (Å²) in [7, 11) is 1.70. The minimum absolute atomic E-state index is 0.0283. The van der Waals surface area contributed by atoms with Gasteiger partial charge in [-0.2, -0.15) is 0 Å². The van der Waals surface area contributed by atoms with E-state index in [1.54, 1.807) is 7.11 Å². The van der Waals surface area contributed by atoms with E-state index in [-0.39, 0.29) is 6.04 Å². The van der Waals surface area contributed by atoms with Crippen molar-refractivity contribution in [3.63, 3.8) is 0 Å². The van der Waals surface area contributed by atoms with Crippen LogP contribution in [0.4, 0.5) is 0 Å². The topological polar surface area (TPSA) is 35.2 Å². The molecular weight excluding hydrogens is 270 g/mol. The largest absolute Gasteiger partial charge is 0.496 e. The molecule has 1 atom stereocenters. The first-order chi connectivity index (χ1) is 9.51. The van der Waals surface area contributed by atoms with Crippen molar-refractivity contribution in [2.24, 2.45) is 5.73 Å². The van der Waals surface area contributed by atoms with Crippen LogP contribution >= 0.6 is 11.6 Å². The molecule has 0 fully saturated rings. The molecule has 0 bridgehead atoms. The summed E-state index contributed by atoms with van der Waals surface area (Å²) in [6.45, 7) is 4.09. The van der Waals surface area contributed by atoms with Crippen LogP contribution in [0, 0.1) is 13.8 Å². The minimum Gasteiger partial charge on any atom is -0.496 e. The van der Waals surface area contributed by atoms with Crippen LogP contribution in [0.1, 0.15) is 28.3 Å². The van der Waals surface area contributed by atoms with Gasteiger partial charge in [0.1, 0.15) is 5.75 Å². The Morgan fingerprint density at radius 3 is 2.15 bits per heavy atom. The zero-order valence-electron chi connectivity index (χ0n) is 12.1. The molecule has 0 aliphatic rings. The van der Waals surface area contributed by atoms with Crippen molar-refractivity contribution >= 4 is 11.6 Å². The molecule has 2 N–H and O–H groups in total. The molecule has 0 radical (unpaired) electrons. The molecule has 1 unspecified atom stereocenters. The number of hydrogen-bond donors (Lipinski definition) is 1. The zero-order valence-corrected chi connectivity index (χ0v) is 12.9. The molecule has 0 aliphatic heterocycles. The first-order valence-electron chi connectivity index (χ1n) is 6.66. The van der Waals surface area contributed by atoms with Crippen molar-refractivity contribution in [3.05, 3.63) is 63.7 Å². The van der Waals surface area contributed by atoms with Gasteiger partial charge in [-0.1, -0.05) is 35.9 Å². The Morgan fingerprint density at radius 1 is 1.10 bits per heavy atom. The standard InChI is InChI=1S/C17H20ClNO/c1-11-8-14(9-12(2)17(11)20-3)16(19)10-13-4-6-15(18)7-5-13/h4-9,16H,10,19H2,1-3H3. The van der Waals surface area contributed by atoms with Crippen LogP contribution < -0.4 is 10.5 Å². The molecule has 20 heavy (non-hydrogen) atoms. The monoisotopic (exact) mass is 289 g/mol. The molecule has 0 aromatic heterocycles. The van der Waals surface area contributed by atoms with E-state index in [9.17, 15) is 0 Å². The van der Waals surface area contributed by atoms with E-state index in [0.29, 0.717) is 0 Å². The summed E-state index contributed by atoms with van der Waals surface area (Å²) in [6.07, 6.45) is 0.794. The van der Waals surface area contributed by atoms with Gasteiger partial charge in [-0.15, -0.1) is 0 Å². The second-order valence-electron chi connectivity index (χ2n) is 5.13. The summed E-state index contributed by atoms with van der Waals surface area (Å²) in [4.78, 5) is 0. The highest BCUT2D eigenvalue weighted by Gasteiger charge is 2.11. The lowest BCUT2D eigenvalue weighted by atomic mass is 9.96. The van der Waals surface area contributed by atoms with Gasteiger partial charge in [0.25, 0.3) is 0 Å². The first-order valence-corrected chi connectivity index (χ1v) is 7.04.